The monoisotopic (exact) mass is 283 g/mol. The first-order valence-electron chi connectivity index (χ1n) is 6.12. The van der Waals surface area contributed by atoms with E-state index >= 15 is 0 Å². The molecule has 1 amide bonds. The molecule has 1 aromatic carbocycles. The molecule has 6 nitrogen and oxygen atoms in total. The smallest absolute Gasteiger partial charge is 0.340 e. The third-order valence-corrected chi connectivity index (χ3v) is 2.66. The van der Waals surface area contributed by atoms with Crippen molar-refractivity contribution < 1.29 is 18.7 Å². The minimum absolute atomic E-state index is 0.0124. The number of halogens is 1. The van der Waals surface area contributed by atoms with Crippen LogP contribution in [0.15, 0.2) is 12.1 Å². The van der Waals surface area contributed by atoms with Gasteiger partial charge in [-0.2, -0.15) is 0 Å². The van der Waals surface area contributed by atoms with E-state index in [0.717, 1.165) is 6.07 Å². The zero-order chi connectivity index (χ0) is 15.3. The van der Waals surface area contributed by atoms with Crippen LogP contribution in [0, 0.1) is 5.82 Å². The maximum Gasteiger partial charge on any atom is 0.340 e. The molecule has 0 fully saturated rings. The molecule has 0 spiro atoms. The van der Waals surface area contributed by atoms with E-state index in [2.05, 4.69) is 15.4 Å². The van der Waals surface area contributed by atoms with Gasteiger partial charge in [0.2, 0.25) is 5.91 Å². The van der Waals surface area contributed by atoms with Crippen LogP contribution in [-0.4, -0.2) is 31.6 Å². The average molecular weight is 283 g/mol. The molecule has 7 heteroatoms. The van der Waals surface area contributed by atoms with Gasteiger partial charge in [0.05, 0.1) is 18.4 Å². The fraction of sp³-hybridized carbons (Fsp3) is 0.385. The number of nitrogen functional groups attached to an aromatic ring is 1. The number of esters is 1. The number of hydrogen-bond acceptors (Lipinski definition) is 5. The summed E-state index contributed by atoms with van der Waals surface area (Å²) in [6.45, 7) is 3.84. The van der Waals surface area contributed by atoms with Crippen molar-refractivity contribution in [3.63, 3.8) is 0 Å². The molecule has 0 aromatic heterocycles. The lowest BCUT2D eigenvalue weighted by molar-refractivity contribution is -0.121. The van der Waals surface area contributed by atoms with Crippen LogP contribution in [0.5, 0.6) is 0 Å². The number of anilines is 2. The van der Waals surface area contributed by atoms with E-state index in [-0.39, 0.29) is 22.8 Å². The Morgan fingerprint density at radius 3 is 2.65 bits per heavy atom. The van der Waals surface area contributed by atoms with Gasteiger partial charge in [-0.3, -0.25) is 4.79 Å². The van der Waals surface area contributed by atoms with E-state index in [9.17, 15) is 14.0 Å². The van der Waals surface area contributed by atoms with E-state index in [4.69, 9.17) is 5.73 Å². The second-order valence-electron chi connectivity index (χ2n) is 4.17. The molecule has 0 aliphatic carbocycles. The zero-order valence-corrected chi connectivity index (χ0v) is 11.6. The Labute approximate surface area is 116 Å². The van der Waals surface area contributed by atoms with Gasteiger partial charge in [-0.25, -0.2) is 9.18 Å². The summed E-state index contributed by atoms with van der Waals surface area (Å²) in [5.41, 5.74) is 5.59. The number of amides is 1. The predicted octanol–water partition coefficient (Wildman–Crippen LogP) is 1.13. The highest BCUT2D eigenvalue weighted by Gasteiger charge is 2.18. The van der Waals surface area contributed by atoms with Crippen molar-refractivity contribution in [1.29, 1.82) is 0 Å². The lowest BCUT2D eigenvalue weighted by Gasteiger charge is -2.16. The first-order valence-corrected chi connectivity index (χ1v) is 6.12. The number of carbonyl (C=O) groups is 2. The summed E-state index contributed by atoms with van der Waals surface area (Å²) in [6, 6.07) is 1.59. The maximum atomic E-state index is 13.8. The van der Waals surface area contributed by atoms with Crippen molar-refractivity contribution in [3.05, 3.63) is 23.5 Å². The van der Waals surface area contributed by atoms with E-state index in [1.165, 1.54) is 13.2 Å². The standard InChI is InChI=1S/C13H18FN3O3/c1-4-16-12(18)7(2)17-11-5-8(13(19)20-3)10(15)6-9(11)14/h5-7,17H,4,15H2,1-3H3,(H,16,18). The highest BCUT2D eigenvalue weighted by atomic mass is 19.1. The molecule has 0 saturated heterocycles. The third kappa shape index (κ3) is 3.59. The van der Waals surface area contributed by atoms with E-state index in [1.54, 1.807) is 13.8 Å². The molecule has 110 valence electrons. The predicted molar refractivity (Wildman–Crippen MR) is 73.9 cm³/mol. The summed E-state index contributed by atoms with van der Waals surface area (Å²) in [5, 5.41) is 5.30. The van der Waals surface area contributed by atoms with Crippen LogP contribution in [0.2, 0.25) is 0 Å². The van der Waals surface area contributed by atoms with Gasteiger partial charge in [0.1, 0.15) is 11.9 Å². The number of likely N-dealkylation sites (N-methyl/N-ethyl adjacent to an activating group) is 1. The summed E-state index contributed by atoms with van der Waals surface area (Å²) in [4.78, 5) is 23.1. The Bertz CT molecular complexity index is 520. The number of methoxy groups -OCH3 is 1. The third-order valence-electron chi connectivity index (χ3n) is 2.66. The van der Waals surface area contributed by atoms with Crippen LogP contribution in [0.3, 0.4) is 0 Å². The molecule has 0 radical (unpaired) electrons. The van der Waals surface area contributed by atoms with E-state index < -0.39 is 17.8 Å². The highest BCUT2D eigenvalue weighted by molar-refractivity contribution is 5.96. The van der Waals surface area contributed by atoms with Crippen LogP contribution < -0.4 is 16.4 Å². The lowest BCUT2D eigenvalue weighted by Crippen LogP contribution is -2.37. The minimum Gasteiger partial charge on any atom is -0.465 e. The molecule has 4 N–H and O–H groups in total. The van der Waals surface area contributed by atoms with Crippen LogP contribution in [-0.2, 0) is 9.53 Å². The highest BCUT2D eigenvalue weighted by Crippen LogP contribution is 2.23. The van der Waals surface area contributed by atoms with Gasteiger partial charge in [0.15, 0.2) is 0 Å². The van der Waals surface area contributed by atoms with Gasteiger partial charge < -0.3 is 21.1 Å². The molecular formula is C13H18FN3O3. The van der Waals surface area contributed by atoms with Gasteiger partial charge in [-0.15, -0.1) is 0 Å². The van der Waals surface area contributed by atoms with Gasteiger partial charge in [-0.1, -0.05) is 0 Å². The topological polar surface area (TPSA) is 93.5 Å². The molecule has 1 unspecified atom stereocenters. The normalized spacial score (nSPS) is 11.6. The molecule has 0 saturated carbocycles. The Morgan fingerprint density at radius 1 is 1.45 bits per heavy atom. The largest absolute Gasteiger partial charge is 0.465 e. The summed E-state index contributed by atoms with van der Waals surface area (Å²) in [7, 11) is 1.20. The molecule has 20 heavy (non-hydrogen) atoms. The van der Waals surface area contributed by atoms with Crippen LogP contribution in [0.4, 0.5) is 15.8 Å². The summed E-state index contributed by atoms with van der Waals surface area (Å²) in [5.74, 6) is -1.59. The van der Waals surface area contributed by atoms with E-state index in [0.29, 0.717) is 6.54 Å². The van der Waals surface area contributed by atoms with Gasteiger partial charge >= 0.3 is 5.97 Å². The molecule has 1 rings (SSSR count). The first-order chi connectivity index (χ1) is 9.40. The quantitative estimate of drug-likeness (QED) is 0.556. The zero-order valence-electron chi connectivity index (χ0n) is 11.6. The van der Waals surface area contributed by atoms with Crippen LogP contribution >= 0.6 is 0 Å². The van der Waals surface area contributed by atoms with Crippen molar-refractivity contribution in [2.75, 3.05) is 24.7 Å². The second-order valence-corrected chi connectivity index (χ2v) is 4.17. The Morgan fingerprint density at radius 2 is 2.10 bits per heavy atom. The van der Waals surface area contributed by atoms with Crippen molar-refractivity contribution in [3.8, 4) is 0 Å². The summed E-state index contributed by atoms with van der Waals surface area (Å²) >= 11 is 0. The van der Waals surface area contributed by atoms with Crippen LogP contribution in [0.25, 0.3) is 0 Å². The van der Waals surface area contributed by atoms with Crippen LogP contribution in [0.1, 0.15) is 24.2 Å². The number of nitrogens with one attached hydrogen (secondary N) is 2. The minimum atomic E-state index is -0.670. The van der Waals surface area contributed by atoms with E-state index in [1.807, 2.05) is 0 Å². The Kier molecular flexibility index (Phi) is 5.31. The maximum absolute atomic E-state index is 13.8. The molecule has 0 bridgehead atoms. The van der Waals surface area contributed by atoms with Crippen molar-refractivity contribution >= 4 is 23.3 Å². The van der Waals surface area contributed by atoms with Crippen molar-refractivity contribution in [2.45, 2.75) is 19.9 Å². The van der Waals surface area contributed by atoms with Gasteiger partial charge in [0.25, 0.3) is 0 Å². The van der Waals surface area contributed by atoms with Crippen molar-refractivity contribution in [2.24, 2.45) is 0 Å². The Hall–Kier alpha value is -2.31. The first kappa shape index (κ1) is 15.7. The molecule has 0 aliphatic rings. The lowest BCUT2D eigenvalue weighted by atomic mass is 10.1. The average Bonchev–Trinajstić information content (AvgIpc) is 2.41. The Balaban J connectivity index is 3.00. The van der Waals surface area contributed by atoms with Gasteiger partial charge in [-0.05, 0) is 26.0 Å². The second kappa shape index (κ2) is 6.74. The molecule has 1 atom stereocenters. The SMILES string of the molecule is CCNC(=O)C(C)Nc1cc(C(=O)OC)c(N)cc1F. The fourth-order valence-corrected chi connectivity index (χ4v) is 1.61. The number of nitrogens with two attached hydrogens (primary N) is 1. The number of rotatable bonds is 5. The number of hydrogen-bond donors (Lipinski definition) is 3. The molecule has 1 aromatic rings. The molecular weight excluding hydrogens is 265 g/mol. The number of benzene rings is 1. The summed E-state index contributed by atoms with van der Waals surface area (Å²) in [6.07, 6.45) is 0. The number of ether oxygens (including phenoxy) is 1. The number of carbonyl (C=O) groups excluding carboxylic acids is 2. The fourth-order valence-electron chi connectivity index (χ4n) is 1.61. The molecule has 0 heterocycles. The van der Waals surface area contributed by atoms with Gasteiger partial charge in [0, 0.05) is 12.2 Å². The molecule has 0 aliphatic heterocycles. The van der Waals surface area contributed by atoms with Crippen molar-refractivity contribution in [1.82, 2.24) is 5.32 Å². The summed E-state index contributed by atoms with van der Waals surface area (Å²) < 4.78 is 18.3.